The molecule has 0 aliphatic carbocycles. The number of rotatable bonds is 5. The highest BCUT2D eigenvalue weighted by atomic mass is 35.5. The molecule has 5 heteroatoms. The molecule has 0 aromatic carbocycles. The molecular formula is C11H20ClNO3. The summed E-state index contributed by atoms with van der Waals surface area (Å²) in [6.07, 6.45) is 0.414. The summed E-state index contributed by atoms with van der Waals surface area (Å²) >= 11 is 5.69. The van der Waals surface area contributed by atoms with E-state index < -0.39 is 6.10 Å². The molecule has 1 atom stereocenters. The van der Waals surface area contributed by atoms with E-state index in [4.69, 9.17) is 21.1 Å². The number of halogens is 1. The second kappa shape index (κ2) is 6.42. The minimum atomic E-state index is -0.458. The Hall–Kier alpha value is -0.320. The number of alkyl halides is 1. The minimum absolute atomic E-state index is 0.0208. The first-order chi connectivity index (χ1) is 7.55. The van der Waals surface area contributed by atoms with Crippen LogP contribution in [-0.2, 0) is 14.3 Å². The summed E-state index contributed by atoms with van der Waals surface area (Å²) < 4.78 is 10.5. The zero-order valence-electron chi connectivity index (χ0n) is 9.92. The van der Waals surface area contributed by atoms with Crippen molar-refractivity contribution in [1.29, 1.82) is 0 Å². The van der Waals surface area contributed by atoms with Crippen molar-refractivity contribution in [2.45, 2.75) is 26.4 Å². The Morgan fingerprint density at radius 1 is 1.50 bits per heavy atom. The van der Waals surface area contributed by atoms with E-state index in [0.29, 0.717) is 32.2 Å². The molecule has 1 aliphatic rings. The molecule has 1 aliphatic heterocycles. The van der Waals surface area contributed by atoms with Gasteiger partial charge in [0.2, 0.25) is 0 Å². The first-order valence-corrected chi connectivity index (χ1v) is 6.12. The maximum absolute atomic E-state index is 11.7. The van der Waals surface area contributed by atoms with Crippen molar-refractivity contribution >= 4 is 17.5 Å². The number of hydrogen-bond donors (Lipinski definition) is 1. The maximum atomic E-state index is 11.7. The molecule has 1 heterocycles. The lowest BCUT2D eigenvalue weighted by atomic mass is 9.90. The van der Waals surface area contributed by atoms with Gasteiger partial charge >= 0.3 is 0 Å². The summed E-state index contributed by atoms with van der Waals surface area (Å²) in [5.74, 6) is 0.508. The van der Waals surface area contributed by atoms with Crippen LogP contribution in [0.2, 0.25) is 0 Å². The van der Waals surface area contributed by atoms with Gasteiger partial charge in [-0.15, -0.1) is 11.6 Å². The van der Waals surface area contributed by atoms with Gasteiger partial charge in [0, 0.05) is 12.4 Å². The molecule has 1 unspecified atom stereocenters. The molecule has 0 aromatic rings. The van der Waals surface area contributed by atoms with Crippen LogP contribution in [0.25, 0.3) is 0 Å². The van der Waals surface area contributed by atoms with Crippen molar-refractivity contribution in [3.63, 3.8) is 0 Å². The van der Waals surface area contributed by atoms with Crippen LogP contribution in [0.3, 0.4) is 0 Å². The molecule has 4 nitrogen and oxygen atoms in total. The molecule has 16 heavy (non-hydrogen) atoms. The van der Waals surface area contributed by atoms with Gasteiger partial charge in [-0.25, -0.2) is 0 Å². The van der Waals surface area contributed by atoms with E-state index >= 15 is 0 Å². The molecule has 1 N–H and O–H groups in total. The Kier molecular flexibility index (Phi) is 5.52. The van der Waals surface area contributed by atoms with E-state index in [1.165, 1.54) is 0 Å². The van der Waals surface area contributed by atoms with Gasteiger partial charge < -0.3 is 14.8 Å². The van der Waals surface area contributed by atoms with Gasteiger partial charge in [0.15, 0.2) is 6.10 Å². The number of carbonyl (C=O) groups excluding carboxylic acids is 1. The standard InChI is InChI=1S/C11H20ClNO3/c1-11(2,3-4-12)8-13-10(14)9-7-15-5-6-16-9/h9H,3-8H2,1-2H3,(H,13,14). The van der Waals surface area contributed by atoms with Crippen LogP contribution in [0.1, 0.15) is 20.3 Å². The fourth-order valence-electron chi connectivity index (χ4n) is 1.42. The van der Waals surface area contributed by atoms with Crippen LogP contribution in [0.15, 0.2) is 0 Å². The summed E-state index contributed by atoms with van der Waals surface area (Å²) in [6.45, 7) is 6.17. The van der Waals surface area contributed by atoms with E-state index in [-0.39, 0.29) is 11.3 Å². The largest absolute Gasteiger partial charge is 0.376 e. The average molecular weight is 250 g/mol. The number of hydrogen-bond acceptors (Lipinski definition) is 3. The van der Waals surface area contributed by atoms with Gasteiger partial charge in [-0.05, 0) is 11.8 Å². The first-order valence-electron chi connectivity index (χ1n) is 5.58. The lowest BCUT2D eigenvalue weighted by Crippen LogP contribution is -2.45. The number of carbonyl (C=O) groups is 1. The Balaban J connectivity index is 2.28. The molecule has 1 fully saturated rings. The molecule has 0 spiro atoms. The van der Waals surface area contributed by atoms with Gasteiger partial charge in [0.25, 0.3) is 5.91 Å². The van der Waals surface area contributed by atoms with Crippen molar-refractivity contribution in [3.8, 4) is 0 Å². The molecule has 1 amide bonds. The summed E-state index contributed by atoms with van der Waals surface area (Å²) in [4.78, 5) is 11.7. The monoisotopic (exact) mass is 249 g/mol. The van der Waals surface area contributed by atoms with Gasteiger partial charge in [-0.3, -0.25) is 4.79 Å². The highest BCUT2D eigenvalue weighted by Gasteiger charge is 2.25. The van der Waals surface area contributed by atoms with E-state index in [0.717, 1.165) is 6.42 Å². The van der Waals surface area contributed by atoms with Crippen LogP contribution in [0, 0.1) is 5.41 Å². The second-order valence-corrected chi connectivity index (χ2v) is 5.13. The number of amides is 1. The number of nitrogens with one attached hydrogen (secondary N) is 1. The van der Waals surface area contributed by atoms with Crippen molar-refractivity contribution in [1.82, 2.24) is 5.32 Å². The lowest BCUT2D eigenvalue weighted by Gasteiger charge is -2.27. The molecule has 0 radical (unpaired) electrons. The maximum Gasteiger partial charge on any atom is 0.251 e. The molecule has 94 valence electrons. The lowest BCUT2D eigenvalue weighted by molar-refractivity contribution is -0.147. The zero-order valence-corrected chi connectivity index (χ0v) is 10.7. The highest BCUT2D eigenvalue weighted by molar-refractivity contribution is 6.17. The van der Waals surface area contributed by atoms with E-state index in [1.807, 2.05) is 0 Å². The molecule has 0 bridgehead atoms. The Bertz CT molecular complexity index is 227. The predicted molar refractivity (Wildman–Crippen MR) is 62.7 cm³/mol. The predicted octanol–water partition coefficient (Wildman–Crippen LogP) is 1.17. The van der Waals surface area contributed by atoms with Crippen molar-refractivity contribution < 1.29 is 14.3 Å². The van der Waals surface area contributed by atoms with Crippen LogP contribution in [0.4, 0.5) is 0 Å². The third kappa shape index (κ3) is 4.68. The second-order valence-electron chi connectivity index (χ2n) is 4.76. The van der Waals surface area contributed by atoms with Gasteiger partial charge in [0.1, 0.15) is 0 Å². The average Bonchev–Trinajstić information content (AvgIpc) is 2.27. The third-order valence-corrected chi connectivity index (χ3v) is 2.81. The summed E-state index contributed by atoms with van der Waals surface area (Å²) in [7, 11) is 0. The molecule has 1 rings (SSSR count). The van der Waals surface area contributed by atoms with Crippen molar-refractivity contribution in [2.24, 2.45) is 5.41 Å². The Labute approximate surface area is 102 Å². The first kappa shape index (κ1) is 13.7. The normalized spacial score (nSPS) is 21.8. The van der Waals surface area contributed by atoms with Crippen molar-refractivity contribution in [2.75, 3.05) is 32.2 Å². The summed E-state index contributed by atoms with van der Waals surface area (Å²) in [6, 6.07) is 0. The molecule has 1 saturated heterocycles. The Morgan fingerprint density at radius 2 is 2.25 bits per heavy atom. The van der Waals surface area contributed by atoms with Crippen LogP contribution in [-0.4, -0.2) is 44.3 Å². The molecule has 0 aromatic heterocycles. The number of ether oxygens (including phenoxy) is 2. The van der Waals surface area contributed by atoms with Crippen LogP contribution >= 0.6 is 11.6 Å². The van der Waals surface area contributed by atoms with E-state index in [2.05, 4.69) is 19.2 Å². The van der Waals surface area contributed by atoms with Crippen molar-refractivity contribution in [3.05, 3.63) is 0 Å². The summed E-state index contributed by atoms with van der Waals surface area (Å²) in [5.41, 5.74) is 0.0208. The van der Waals surface area contributed by atoms with E-state index in [9.17, 15) is 4.79 Å². The molecular weight excluding hydrogens is 230 g/mol. The van der Waals surface area contributed by atoms with Gasteiger partial charge in [-0.2, -0.15) is 0 Å². The fraction of sp³-hybridized carbons (Fsp3) is 0.909. The van der Waals surface area contributed by atoms with Gasteiger partial charge in [0.05, 0.1) is 19.8 Å². The summed E-state index contributed by atoms with van der Waals surface area (Å²) in [5, 5.41) is 2.87. The minimum Gasteiger partial charge on any atom is -0.376 e. The van der Waals surface area contributed by atoms with Gasteiger partial charge in [-0.1, -0.05) is 13.8 Å². The zero-order chi connectivity index (χ0) is 12.0. The third-order valence-electron chi connectivity index (χ3n) is 2.62. The van der Waals surface area contributed by atoms with Crippen LogP contribution < -0.4 is 5.32 Å². The highest BCUT2D eigenvalue weighted by Crippen LogP contribution is 2.19. The molecule has 0 saturated carbocycles. The topological polar surface area (TPSA) is 47.6 Å². The van der Waals surface area contributed by atoms with E-state index in [1.54, 1.807) is 0 Å². The SMILES string of the molecule is CC(C)(CCCl)CNC(=O)C1COCCO1. The quantitative estimate of drug-likeness (QED) is 0.745. The smallest absolute Gasteiger partial charge is 0.251 e. The fourth-order valence-corrected chi connectivity index (χ4v) is 1.94. The van der Waals surface area contributed by atoms with Crippen LogP contribution in [0.5, 0.6) is 0 Å². The Morgan fingerprint density at radius 3 is 2.81 bits per heavy atom.